The fourth-order valence-electron chi connectivity index (χ4n) is 4.01. The number of methoxy groups -OCH3 is 1. The van der Waals surface area contributed by atoms with Crippen LogP contribution in [0.4, 0.5) is 11.4 Å². The van der Waals surface area contributed by atoms with Gasteiger partial charge in [0.15, 0.2) is 5.11 Å². The van der Waals surface area contributed by atoms with Crippen molar-refractivity contribution in [2.24, 2.45) is 0 Å². The van der Waals surface area contributed by atoms with Crippen LogP contribution in [0.2, 0.25) is 0 Å². The molecule has 0 saturated carbocycles. The van der Waals surface area contributed by atoms with Crippen molar-refractivity contribution < 1.29 is 19.1 Å². The summed E-state index contributed by atoms with van der Waals surface area (Å²) in [5, 5.41) is 5.38. The number of anilines is 2. The maximum atomic E-state index is 13.3. The van der Waals surface area contributed by atoms with Crippen LogP contribution in [0.15, 0.2) is 60.2 Å². The SMILES string of the molecule is COc1ccc(N2C(=O)/C(=C\c3cc(C)n(-c4ccc(NC(C)=O)cc4)c3C)C(=O)NC2=S)cc1. The molecule has 2 aromatic carbocycles. The maximum Gasteiger partial charge on any atom is 0.270 e. The predicted molar refractivity (Wildman–Crippen MR) is 139 cm³/mol. The predicted octanol–water partition coefficient (Wildman–Crippen LogP) is 3.89. The summed E-state index contributed by atoms with van der Waals surface area (Å²) in [5.74, 6) is -0.553. The number of carbonyl (C=O) groups excluding carboxylic acids is 3. The number of benzene rings is 2. The Morgan fingerprint density at radius 1 is 1.03 bits per heavy atom. The molecule has 2 N–H and O–H groups in total. The monoisotopic (exact) mass is 488 g/mol. The van der Waals surface area contributed by atoms with Crippen molar-refractivity contribution in [3.05, 3.63) is 77.1 Å². The minimum absolute atomic E-state index is 0.0179. The van der Waals surface area contributed by atoms with E-state index in [1.807, 2.05) is 48.7 Å². The molecule has 3 amide bonds. The fraction of sp³-hybridized carbons (Fsp3) is 0.154. The first-order valence-corrected chi connectivity index (χ1v) is 11.2. The van der Waals surface area contributed by atoms with E-state index in [0.717, 1.165) is 22.6 Å². The number of carbonyl (C=O) groups is 3. The summed E-state index contributed by atoms with van der Waals surface area (Å²) >= 11 is 5.28. The van der Waals surface area contributed by atoms with Gasteiger partial charge in [-0.2, -0.15) is 0 Å². The van der Waals surface area contributed by atoms with Gasteiger partial charge in [-0.1, -0.05) is 0 Å². The minimum atomic E-state index is -0.547. The number of hydrogen-bond acceptors (Lipinski definition) is 5. The summed E-state index contributed by atoms with van der Waals surface area (Å²) in [4.78, 5) is 38.6. The Morgan fingerprint density at radius 2 is 1.66 bits per heavy atom. The highest BCUT2D eigenvalue weighted by molar-refractivity contribution is 7.80. The first-order valence-electron chi connectivity index (χ1n) is 10.8. The summed E-state index contributed by atoms with van der Waals surface area (Å²) in [7, 11) is 1.56. The van der Waals surface area contributed by atoms with Crippen molar-refractivity contribution in [2.75, 3.05) is 17.3 Å². The molecule has 4 rings (SSSR count). The average Bonchev–Trinajstić information content (AvgIpc) is 3.10. The summed E-state index contributed by atoms with van der Waals surface area (Å²) < 4.78 is 7.19. The van der Waals surface area contributed by atoms with Gasteiger partial charge in [0.05, 0.1) is 12.8 Å². The standard InChI is InChI=1S/C26H24N4O4S/c1-15-13-18(16(2)29(15)20-7-5-19(6-8-20)27-17(3)31)14-23-24(32)28-26(35)30(25(23)33)21-9-11-22(34-4)12-10-21/h5-14H,1-4H3,(H,27,31)(H,28,32,35)/b23-14-. The van der Waals surface area contributed by atoms with Crippen LogP contribution < -0.4 is 20.3 Å². The topological polar surface area (TPSA) is 92.7 Å². The van der Waals surface area contributed by atoms with E-state index < -0.39 is 11.8 Å². The number of aromatic nitrogens is 1. The first-order chi connectivity index (χ1) is 16.7. The molecule has 8 nitrogen and oxygen atoms in total. The molecular weight excluding hydrogens is 464 g/mol. The van der Waals surface area contributed by atoms with E-state index in [9.17, 15) is 14.4 Å². The molecule has 2 heterocycles. The lowest BCUT2D eigenvalue weighted by atomic mass is 10.1. The van der Waals surface area contributed by atoms with Gasteiger partial charge in [-0.05, 0) is 92.3 Å². The second-order valence-corrected chi connectivity index (χ2v) is 8.43. The molecule has 3 aromatic rings. The number of rotatable bonds is 5. The number of thiocarbonyl (C=S) groups is 1. The molecule has 1 fully saturated rings. The zero-order valence-corrected chi connectivity index (χ0v) is 20.5. The summed E-state index contributed by atoms with van der Waals surface area (Å²) in [6, 6.07) is 16.2. The van der Waals surface area contributed by atoms with E-state index in [4.69, 9.17) is 17.0 Å². The number of aryl methyl sites for hydroxylation is 1. The van der Waals surface area contributed by atoms with Crippen LogP contribution in [-0.2, 0) is 14.4 Å². The van der Waals surface area contributed by atoms with Crippen LogP contribution in [-0.4, -0.2) is 34.5 Å². The Kier molecular flexibility index (Phi) is 6.52. The van der Waals surface area contributed by atoms with E-state index in [0.29, 0.717) is 17.1 Å². The van der Waals surface area contributed by atoms with E-state index in [1.165, 1.54) is 11.8 Å². The van der Waals surface area contributed by atoms with Crippen molar-refractivity contribution >= 4 is 52.5 Å². The van der Waals surface area contributed by atoms with Gasteiger partial charge in [0, 0.05) is 29.7 Å². The van der Waals surface area contributed by atoms with Gasteiger partial charge in [-0.3, -0.25) is 24.6 Å². The normalized spacial score (nSPS) is 14.8. The molecule has 1 saturated heterocycles. The largest absolute Gasteiger partial charge is 0.497 e. The quantitative estimate of drug-likeness (QED) is 0.323. The van der Waals surface area contributed by atoms with E-state index in [1.54, 1.807) is 37.5 Å². The minimum Gasteiger partial charge on any atom is -0.497 e. The molecule has 178 valence electrons. The van der Waals surface area contributed by atoms with Gasteiger partial charge < -0.3 is 14.6 Å². The number of hydrogen-bond donors (Lipinski definition) is 2. The number of nitrogens with zero attached hydrogens (tertiary/aromatic N) is 2. The number of nitrogens with one attached hydrogen (secondary N) is 2. The summed E-state index contributed by atoms with van der Waals surface area (Å²) in [6.07, 6.45) is 1.58. The van der Waals surface area contributed by atoms with Crippen LogP contribution in [0.1, 0.15) is 23.9 Å². The molecule has 0 aliphatic carbocycles. The zero-order valence-electron chi connectivity index (χ0n) is 19.7. The number of ether oxygens (including phenoxy) is 1. The Hall–Kier alpha value is -4.24. The molecule has 1 aliphatic rings. The highest BCUT2D eigenvalue weighted by Gasteiger charge is 2.34. The van der Waals surface area contributed by atoms with Gasteiger partial charge >= 0.3 is 0 Å². The summed E-state index contributed by atoms with van der Waals surface area (Å²) in [5.41, 5.74) is 4.60. The third kappa shape index (κ3) is 4.71. The van der Waals surface area contributed by atoms with E-state index >= 15 is 0 Å². The lowest BCUT2D eigenvalue weighted by Gasteiger charge is -2.29. The molecular formula is C26H24N4O4S. The maximum absolute atomic E-state index is 13.3. The molecule has 0 bridgehead atoms. The highest BCUT2D eigenvalue weighted by atomic mass is 32.1. The molecule has 1 aromatic heterocycles. The van der Waals surface area contributed by atoms with Gasteiger partial charge in [-0.15, -0.1) is 0 Å². The van der Waals surface area contributed by atoms with Crippen molar-refractivity contribution in [2.45, 2.75) is 20.8 Å². The third-order valence-electron chi connectivity index (χ3n) is 5.65. The Balaban J connectivity index is 1.69. The number of amides is 3. The lowest BCUT2D eigenvalue weighted by molar-refractivity contribution is -0.122. The molecule has 9 heteroatoms. The summed E-state index contributed by atoms with van der Waals surface area (Å²) in [6.45, 7) is 5.32. The van der Waals surface area contributed by atoms with Crippen molar-refractivity contribution in [1.82, 2.24) is 9.88 Å². The van der Waals surface area contributed by atoms with Crippen LogP contribution >= 0.6 is 12.2 Å². The molecule has 0 unspecified atom stereocenters. The fourth-order valence-corrected chi connectivity index (χ4v) is 4.29. The third-order valence-corrected chi connectivity index (χ3v) is 5.93. The second kappa shape index (κ2) is 9.55. The van der Waals surface area contributed by atoms with Gasteiger partial charge in [-0.25, -0.2) is 0 Å². The molecule has 0 atom stereocenters. The Bertz CT molecular complexity index is 1370. The van der Waals surface area contributed by atoms with Crippen molar-refractivity contribution in [3.8, 4) is 11.4 Å². The Morgan fingerprint density at radius 3 is 2.26 bits per heavy atom. The molecule has 0 radical (unpaired) electrons. The Labute approximate surface area is 208 Å². The van der Waals surface area contributed by atoms with Gasteiger partial charge in [0.25, 0.3) is 11.8 Å². The lowest BCUT2D eigenvalue weighted by Crippen LogP contribution is -2.54. The smallest absolute Gasteiger partial charge is 0.270 e. The van der Waals surface area contributed by atoms with Crippen LogP contribution in [0.3, 0.4) is 0 Å². The molecule has 35 heavy (non-hydrogen) atoms. The average molecular weight is 489 g/mol. The molecule has 1 aliphatic heterocycles. The second-order valence-electron chi connectivity index (χ2n) is 8.05. The van der Waals surface area contributed by atoms with E-state index in [-0.39, 0.29) is 16.6 Å². The van der Waals surface area contributed by atoms with Crippen molar-refractivity contribution in [1.29, 1.82) is 0 Å². The van der Waals surface area contributed by atoms with Crippen LogP contribution in [0.5, 0.6) is 5.75 Å². The van der Waals surface area contributed by atoms with Crippen molar-refractivity contribution in [3.63, 3.8) is 0 Å². The highest BCUT2D eigenvalue weighted by Crippen LogP contribution is 2.27. The molecule has 0 spiro atoms. The van der Waals surface area contributed by atoms with Crippen LogP contribution in [0, 0.1) is 13.8 Å². The first kappa shape index (κ1) is 23.9. The van der Waals surface area contributed by atoms with Gasteiger partial charge in [0.1, 0.15) is 11.3 Å². The van der Waals surface area contributed by atoms with Gasteiger partial charge in [0.2, 0.25) is 5.91 Å². The zero-order chi connectivity index (χ0) is 25.3. The van der Waals surface area contributed by atoms with E-state index in [2.05, 4.69) is 10.6 Å². The van der Waals surface area contributed by atoms with Crippen LogP contribution in [0.25, 0.3) is 11.8 Å².